The Labute approximate surface area is 150 Å². The second-order valence-electron chi connectivity index (χ2n) is 6.36. The number of aryl methyl sites for hydroxylation is 1. The van der Waals surface area contributed by atoms with Crippen molar-refractivity contribution in [2.75, 3.05) is 11.9 Å². The number of rotatable bonds is 5. The Morgan fingerprint density at radius 3 is 2.60 bits per heavy atom. The lowest BCUT2D eigenvalue weighted by Crippen LogP contribution is -2.21. The largest absolute Gasteiger partial charge is 0.426 e. The third-order valence-corrected chi connectivity index (χ3v) is 4.68. The molecular formula is C18H20ClN3O3. The molecule has 0 aliphatic heterocycles. The lowest BCUT2D eigenvalue weighted by atomic mass is 10.0. The Morgan fingerprint density at radius 1 is 1.24 bits per heavy atom. The summed E-state index contributed by atoms with van der Waals surface area (Å²) in [5.74, 6) is 0.762. The number of ketones is 1. The molecule has 1 heterocycles. The van der Waals surface area contributed by atoms with Crippen molar-refractivity contribution in [1.29, 1.82) is 0 Å². The predicted molar refractivity (Wildman–Crippen MR) is 96.0 cm³/mol. The average molecular weight is 362 g/mol. The van der Waals surface area contributed by atoms with E-state index in [0.29, 0.717) is 22.6 Å². The number of hydrogen-bond donors (Lipinski definition) is 1. The molecule has 1 fully saturated rings. The molecule has 1 aliphatic rings. The maximum absolute atomic E-state index is 12.2. The van der Waals surface area contributed by atoms with Crippen LogP contribution in [0.15, 0.2) is 12.1 Å². The lowest BCUT2D eigenvalue weighted by Gasteiger charge is -2.12. The van der Waals surface area contributed by atoms with Crippen LogP contribution in [0.4, 0.5) is 5.82 Å². The van der Waals surface area contributed by atoms with Crippen molar-refractivity contribution in [3.05, 3.63) is 22.8 Å². The van der Waals surface area contributed by atoms with Gasteiger partial charge >= 0.3 is 5.97 Å². The number of benzene rings is 1. The number of ether oxygens (including phenoxy) is 1. The predicted octanol–water partition coefficient (Wildman–Crippen LogP) is 3.69. The van der Waals surface area contributed by atoms with E-state index in [4.69, 9.17) is 16.3 Å². The molecule has 25 heavy (non-hydrogen) atoms. The van der Waals surface area contributed by atoms with E-state index in [-0.39, 0.29) is 23.4 Å². The summed E-state index contributed by atoms with van der Waals surface area (Å²) < 4.78 is 5.15. The molecular weight excluding hydrogens is 342 g/mol. The van der Waals surface area contributed by atoms with Crippen molar-refractivity contribution in [2.45, 2.75) is 39.5 Å². The second kappa shape index (κ2) is 7.35. The van der Waals surface area contributed by atoms with Gasteiger partial charge in [0.25, 0.3) is 0 Å². The van der Waals surface area contributed by atoms with Gasteiger partial charge in [-0.2, -0.15) is 0 Å². The van der Waals surface area contributed by atoms with Gasteiger partial charge in [0.15, 0.2) is 16.8 Å². The van der Waals surface area contributed by atoms with Gasteiger partial charge in [-0.05, 0) is 31.4 Å². The van der Waals surface area contributed by atoms with Gasteiger partial charge in [-0.25, -0.2) is 9.97 Å². The number of Topliss-reactive ketones (excluding diaryl/α,β-unsaturated/α-hetero) is 1. The number of halogens is 1. The van der Waals surface area contributed by atoms with E-state index in [0.717, 1.165) is 31.2 Å². The fourth-order valence-electron chi connectivity index (χ4n) is 3.11. The first-order valence-corrected chi connectivity index (χ1v) is 8.74. The molecule has 1 aliphatic carbocycles. The van der Waals surface area contributed by atoms with Gasteiger partial charge in [0.05, 0.1) is 17.6 Å². The van der Waals surface area contributed by atoms with Gasteiger partial charge < -0.3 is 10.1 Å². The third kappa shape index (κ3) is 4.07. The fourth-order valence-corrected chi connectivity index (χ4v) is 3.31. The average Bonchev–Trinajstić information content (AvgIpc) is 3.08. The first-order valence-electron chi connectivity index (χ1n) is 8.37. The fraction of sp³-hybridized carbons (Fsp3) is 0.444. The number of nitrogens with one attached hydrogen (secondary N) is 1. The topological polar surface area (TPSA) is 81.2 Å². The van der Waals surface area contributed by atoms with Crippen LogP contribution in [0.2, 0.25) is 5.15 Å². The van der Waals surface area contributed by atoms with E-state index in [1.807, 2.05) is 6.92 Å². The molecule has 1 saturated carbocycles. The number of anilines is 1. The minimum Gasteiger partial charge on any atom is -0.426 e. The van der Waals surface area contributed by atoms with Crippen molar-refractivity contribution in [1.82, 2.24) is 9.97 Å². The van der Waals surface area contributed by atoms with Crippen molar-refractivity contribution in [3.8, 4) is 5.75 Å². The molecule has 1 N–H and O–H groups in total. The highest BCUT2D eigenvalue weighted by atomic mass is 35.5. The Kier molecular flexibility index (Phi) is 5.18. The molecule has 7 heteroatoms. The molecule has 0 saturated heterocycles. The van der Waals surface area contributed by atoms with E-state index in [2.05, 4.69) is 15.3 Å². The summed E-state index contributed by atoms with van der Waals surface area (Å²) >= 11 is 6.19. The van der Waals surface area contributed by atoms with Crippen LogP contribution in [0, 0.1) is 12.8 Å². The molecule has 2 aromatic rings. The van der Waals surface area contributed by atoms with Gasteiger partial charge in [0.1, 0.15) is 5.75 Å². The van der Waals surface area contributed by atoms with Gasteiger partial charge in [-0.15, -0.1) is 0 Å². The highest BCUT2D eigenvalue weighted by molar-refractivity contribution is 6.32. The number of nitrogens with zero attached hydrogens (tertiary/aromatic N) is 2. The number of aromatic nitrogens is 2. The second-order valence-corrected chi connectivity index (χ2v) is 6.72. The number of fused-ring (bicyclic) bond motifs is 1. The molecule has 0 bridgehead atoms. The van der Waals surface area contributed by atoms with E-state index < -0.39 is 5.97 Å². The maximum atomic E-state index is 12.2. The van der Waals surface area contributed by atoms with Crippen LogP contribution in [-0.4, -0.2) is 28.3 Å². The zero-order valence-electron chi connectivity index (χ0n) is 14.3. The monoisotopic (exact) mass is 361 g/mol. The minimum absolute atomic E-state index is 0.147. The van der Waals surface area contributed by atoms with Crippen LogP contribution in [0.25, 0.3) is 11.0 Å². The highest BCUT2D eigenvalue weighted by Crippen LogP contribution is 2.28. The Bertz CT molecular complexity index is 832. The summed E-state index contributed by atoms with van der Waals surface area (Å²) in [6, 6.07) is 3.42. The number of hydrogen-bond acceptors (Lipinski definition) is 6. The quantitative estimate of drug-likeness (QED) is 0.646. The van der Waals surface area contributed by atoms with Gasteiger partial charge in [0.2, 0.25) is 0 Å². The van der Waals surface area contributed by atoms with Crippen LogP contribution in [0.3, 0.4) is 0 Å². The first-order chi connectivity index (χ1) is 11.9. The van der Waals surface area contributed by atoms with Crippen molar-refractivity contribution in [3.63, 3.8) is 0 Å². The summed E-state index contributed by atoms with van der Waals surface area (Å²) in [7, 11) is 0. The molecule has 0 radical (unpaired) electrons. The Morgan fingerprint density at radius 2 is 1.92 bits per heavy atom. The molecule has 1 aromatic heterocycles. The van der Waals surface area contributed by atoms with E-state index in [9.17, 15) is 9.59 Å². The summed E-state index contributed by atoms with van der Waals surface area (Å²) in [4.78, 5) is 32.1. The summed E-state index contributed by atoms with van der Waals surface area (Å²) in [5.41, 5.74) is 1.92. The van der Waals surface area contributed by atoms with E-state index in [1.54, 1.807) is 12.1 Å². The molecule has 6 nitrogen and oxygen atoms in total. The number of carbonyl (C=O) groups excluding carboxylic acids is 2. The number of esters is 1. The summed E-state index contributed by atoms with van der Waals surface area (Å²) in [5, 5.41) is 3.19. The molecule has 1 aromatic carbocycles. The molecule has 0 spiro atoms. The Hall–Kier alpha value is -2.21. The first kappa shape index (κ1) is 17.6. The van der Waals surface area contributed by atoms with Crippen LogP contribution in [-0.2, 0) is 9.59 Å². The molecule has 0 unspecified atom stereocenters. The third-order valence-electron chi connectivity index (χ3n) is 4.41. The SMILES string of the molecule is CC(=O)Oc1cc2nc(Cl)c(NCC(=O)C3CCCC3)nc2cc1C. The van der Waals surface area contributed by atoms with Crippen LogP contribution >= 0.6 is 11.6 Å². The minimum atomic E-state index is -0.398. The van der Waals surface area contributed by atoms with Crippen molar-refractivity contribution in [2.24, 2.45) is 5.92 Å². The van der Waals surface area contributed by atoms with E-state index in [1.165, 1.54) is 6.92 Å². The molecule has 0 amide bonds. The zero-order chi connectivity index (χ0) is 18.0. The summed E-state index contributed by atoms with van der Waals surface area (Å²) in [6.45, 7) is 3.37. The lowest BCUT2D eigenvalue weighted by molar-refractivity contribution is -0.132. The van der Waals surface area contributed by atoms with Crippen molar-refractivity contribution >= 4 is 40.2 Å². The van der Waals surface area contributed by atoms with Crippen LogP contribution in [0.1, 0.15) is 38.2 Å². The smallest absolute Gasteiger partial charge is 0.308 e. The van der Waals surface area contributed by atoms with Crippen LogP contribution in [0.5, 0.6) is 5.75 Å². The normalized spacial score (nSPS) is 14.7. The molecule has 132 valence electrons. The molecule has 3 rings (SSSR count). The highest BCUT2D eigenvalue weighted by Gasteiger charge is 2.22. The summed E-state index contributed by atoms with van der Waals surface area (Å²) in [6.07, 6.45) is 4.18. The van der Waals surface area contributed by atoms with Crippen molar-refractivity contribution < 1.29 is 14.3 Å². The number of carbonyl (C=O) groups is 2. The maximum Gasteiger partial charge on any atom is 0.308 e. The molecule has 0 atom stereocenters. The van der Waals surface area contributed by atoms with Crippen LogP contribution < -0.4 is 10.1 Å². The zero-order valence-corrected chi connectivity index (χ0v) is 15.0. The van der Waals surface area contributed by atoms with Gasteiger partial charge in [-0.1, -0.05) is 24.4 Å². The van der Waals surface area contributed by atoms with E-state index >= 15 is 0 Å². The van der Waals surface area contributed by atoms with Gasteiger partial charge in [0, 0.05) is 18.9 Å². The van der Waals surface area contributed by atoms with Gasteiger partial charge in [-0.3, -0.25) is 9.59 Å². The standard InChI is InChI=1S/C18H20ClN3O3/c1-10-7-13-14(8-16(10)25-11(2)23)21-17(19)18(22-13)20-9-15(24)12-5-3-4-6-12/h7-8,12H,3-6,9H2,1-2H3,(H,20,22). The Balaban J connectivity index is 1.80.